The third kappa shape index (κ3) is 6.24. The third-order valence-electron chi connectivity index (χ3n) is 6.78. The van der Waals surface area contributed by atoms with Crippen molar-refractivity contribution >= 4 is 34.4 Å². The molecule has 0 spiro atoms. The lowest BCUT2D eigenvalue weighted by Crippen LogP contribution is -2.66. The van der Waals surface area contributed by atoms with Crippen LogP contribution in [-0.4, -0.2) is 29.6 Å². The summed E-state index contributed by atoms with van der Waals surface area (Å²) in [7, 11) is -6.14. The van der Waals surface area contributed by atoms with E-state index in [1.54, 1.807) is 0 Å². The van der Waals surface area contributed by atoms with E-state index in [-0.39, 0.29) is 11.6 Å². The Hall–Kier alpha value is -2.51. The molecule has 192 valence electrons. The molecule has 0 saturated carbocycles. The minimum atomic E-state index is -3.48. The second-order valence-corrected chi connectivity index (χ2v) is 16.3. The second-order valence-electron chi connectivity index (χ2n) is 10.4. The van der Waals surface area contributed by atoms with Gasteiger partial charge in [0, 0.05) is 0 Å². The van der Waals surface area contributed by atoms with E-state index in [4.69, 9.17) is 8.61 Å². The molecule has 0 heterocycles. The van der Waals surface area contributed by atoms with Gasteiger partial charge in [-0.15, -0.1) is 0 Å². The van der Waals surface area contributed by atoms with E-state index in [2.05, 4.69) is 107 Å². The summed E-state index contributed by atoms with van der Waals surface area (Å²) in [6.45, 7) is 13.6. The highest BCUT2D eigenvalue weighted by Crippen LogP contribution is 2.38. The fourth-order valence-electron chi connectivity index (χ4n) is 4.88. The van der Waals surface area contributed by atoms with Gasteiger partial charge in [-0.1, -0.05) is 99.6 Å². The highest BCUT2D eigenvalue weighted by Gasteiger charge is 2.50. The summed E-state index contributed by atoms with van der Waals surface area (Å²) in [6, 6.07) is 25.5. The fourth-order valence-corrected chi connectivity index (χ4v) is 9.71. The number of hydrogen-bond donors (Lipinski definition) is 0. The van der Waals surface area contributed by atoms with Crippen molar-refractivity contribution in [2.45, 2.75) is 53.2 Å². The van der Waals surface area contributed by atoms with Crippen molar-refractivity contribution in [2.24, 2.45) is 0 Å². The summed E-state index contributed by atoms with van der Waals surface area (Å²) in [4.78, 5) is 0. The average molecular weight is 523 g/mol. The largest absolute Gasteiger partial charge is 0.403 e. The van der Waals surface area contributed by atoms with Crippen LogP contribution in [0.4, 0.5) is 0 Å². The molecule has 3 aromatic carbocycles. The van der Waals surface area contributed by atoms with Crippen LogP contribution in [0.5, 0.6) is 0 Å². The first-order valence-electron chi connectivity index (χ1n) is 12.2. The maximum atomic E-state index is 11.3. The number of aryl methyl sites for hydroxylation is 1. The Kier molecular flexibility index (Phi) is 8.78. The number of rotatable bonds is 9. The van der Waals surface area contributed by atoms with E-state index < -0.39 is 18.4 Å². The van der Waals surface area contributed by atoms with Gasteiger partial charge in [0.15, 0.2) is 0 Å². The standard InChI is InChI=1S/C30H38O4SSi/c1-23-18-19-28(24(2)20-21-33-35(7,31)32)25(3)29(23)22-34-36(30(4,5)6,26-14-10-8-11-15-26)27-16-12-9-13-17-27/h8-20H,21-22H2,1-7H3/b24-20-. The molecular formula is C30H38O4SSi. The van der Waals surface area contributed by atoms with Gasteiger partial charge in [-0.2, -0.15) is 8.42 Å². The fraction of sp³-hybridized carbons (Fsp3) is 0.333. The lowest BCUT2D eigenvalue weighted by molar-refractivity contribution is 0.285. The number of benzene rings is 3. The van der Waals surface area contributed by atoms with Crippen molar-refractivity contribution in [1.29, 1.82) is 0 Å². The van der Waals surface area contributed by atoms with Crippen LogP contribution in [0.3, 0.4) is 0 Å². The minimum Gasteiger partial charge on any atom is -0.403 e. The van der Waals surface area contributed by atoms with E-state index in [1.807, 2.05) is 13.0 Å². The molecule has 0 aliphatic rings. The molecule has 0 N–H and O–H groups in total. The van der Waals surface area contributed by atoms with Gasteiger partial charge in [0.25, 0.3) is 18.4 Å². The second kappa shape index (κ2) is 11.3. The van der Waals surface area contributed by atoms with Gasteiger partial charge in [0.2, 0.25) is 0 Å². The van der Waals surface area contributed by atoms with Gasteiger partial charge in [-0.3, -0.25) is 4.18 Å². The molecular weight excluding hydrogens is 484 g/mol. The van der Waals surface area contributed by atoms with E-state index in [9.17, 15) is 8.42 Å². The normalized spacial score (nSPS) is 13.1. The molecule has 4 nitrogen and oxygen atoms in total. The molecule has 0 fully saturated rings. The average Bonchev–Trinajstić information content (AvgIpc) is 2.81. The Morgan fingerprint density at radius 3 is 1.89 bits per heavy atom. The molecule has 0 bridgehead atoms. The molecule has 36 heavy (non-hydrogen) atoms. The Morgan fingerprint density at radius 1 is 0.889 bits per heavy atom. The third-order valence-corrected chi connectivity index (χ3v) is 12.3. The molecule has 3 rings (SSSR count). The monoisotopic (exact) mass is 522 g/mol. The summed E-state index contributed by atoms with van der Waals surface area (Å²) in [5.74, 6) is 0. The SMILES string of the molecule is C/C(=C/COS(C)(=O)=O)c1ccc(C)c(CO[Si](c2ccccc2)(c2ccccc2)C(C)(C)C)c1C. The van der Waals surface area contributed by atoms with Crippen molar-refractivity contribution in [2.75, 3.05) is 12.9 Å². The van der Waals surface area contributed by atoms with Crippen LogP contribution in [-0.2, 0) is 25.3 Å². The first kappa shape index (κ1) is 28.1. The zero-order chi connectivity index (χ0) is 26.6. The lowest BCUT2D eigenvalue weighted by atomic mass is 9.94. The van der Waals surface area contributed by atoms with Crippen LogP contribution < -0.4 is 10.4 Å². The topological polar surface area (TPSA) is 52.6 Å². The lowest BCUT2D eigenvalue weighted by Gasteiger charge is -2.43. The van der Waals surface area contributed by atoms with E-state index in [1.165, 1.54) is 15.9 Å². The van der Waals surface area contributed by atoms with E-state index in [0.717, 1.165) is 28.5 Å². The summed E-state index contributed by atoms with van der Waals surface area (Å²) in [6.07, 6.45) is 2.87. The predicted molar refractivity (Wildman–Crippen MR) is 153 cm³/mol. The molecule has 0 atom stereocenters. The van der Waals surface area contributed by atoms with E-state index in [0.29, 0.717) is 6.61 Å². The summed E-state index contributed by atoms with van der Waals surface area (Å²) >= 11 is 0. The van der Waals surface area contributed by atoms with Crippen LogP contribution in [0.15, 0.2) is 78.9 Å². The van der Waals surface area contributed by atoms with Crippen LogP contribution in [0.25, 0.3) is 5.57 Å². The van der Waals surface area contributed by atoms with Crippen LogP contribution in [0.1, 0.15) is 49.9 Å². The maximum absolute atomic E-state index is 11.3. The summed E-state index contributed by atoms with van der Waals surface area (Å²) in [5, 5.41) is 2.40. The first-order valence-corrected chi connectivity index (χ1v) is 15.9. The molecule has 3 aromatic rings. The number of hydrogen-bond acceptors (Lipinski definition) is 4. The highest BCUT2D eigenvalue weighted by atomic mass is 32.2. The summed E-state index contributed by atoms with van der Waals surface area (Å²) < 4.78 is 34.8. The number of allylic oxidation sites excluding steroid dienone is 1. The molecule has 0 radical (unpaired) electrons. The van der Waals surface area contributed by atoms with Gasteiger partial charge < -0.3 is 4.43 Å². The Morgan fingerprint density at radius 2 is 1.42 bits per heavy atom. The summed E-state index contributed by atoms with van der Waals surface area (Å²) in [5.41, 5.74) is 5.52. The zero-order valence-corrected chi connectivity index (χ0v) is 24.3. The molecule has 6 heteroatoms. The van der Waals surface area contributed by atoms with Gasteiger partial charge >= 0.3 is 0 Å². The molecule has 0 amide bonds. The van der Waals surface area contributed by atoms with Crippen LogP contribution >= 0.6 is 0 Å². The maximum Gasteiger partial charge on any atom is 0.264 e. The van der Waals surface area contributed by atoms with Crippen molar-refractivity contribution in [3.05, 3.63) is 101 Å². The predicted octanol–water partition coefficient (Wildman–Crippen LogP) is 5.76. The van der Waals surface area contributed by atoms with Crippen LogP contribution in [0, 0.1) is 13.8 Å². The zero-order valence-electron chi connectivity index (χ0n) is 22.5. The van der Waals surface area contributed by atoms with Gasteiger partial charge in [0.05, 0.1) is 19.5 Å². The Balaban J connectivity index is 2.05. The highest BCUT2D eigenvalue weighted by molar-refractivity contribution is 7.86. The minimum absolute atomic E-state index is 0.0197. The van der Waals surface area contributed by atoms with Crippen molar-refractivity contribution in [3.63, 3.8) is 0 Å². The van der Waals surface area contributed by atoms with Crippen LogP contribution in [0.2, 0.25) is 5.04 Å². The first-order chi connectivity index (χ1) is 16.9. The van der Waals surface area contributed by atoms with Crippen molar-refractivity contribution in [3.8, 4) is 0 Å². The Labute approximate surface area is 218 Å². The molecule has 0 aliphatic carbocycles. The molecule has 0 aliphatic heterocycles. The van der Waals surface area contributed by atoms with E-state index >= 15 is 0 Å². The molecule has 0 aromatic heterocycles. The van der Waals surface area contributed by atoms with Crippen molar-refractivity contribution < 1.29 is 17.0 Å². The smallest absolute Gasteiger partial charge is 0.264 e. The van der Waals surface area contributed by atoms with Gasteiger partial charge in [0.1, 0.15) is 0 Å². The van der Waals surface area contributed by atoms with Crippen molar-refractivity contribution in [1.82, 2.24) is 0 Å². The Bertz CT molecular complexity index is 1270. The van der Waals surface area contributed by atoms with Gasteiger partial charge in [-0.05, 0) is 64.0 Å². The molecule has 0 saturated heterocycles. The van der Waals surface area contributed by atoms with Gasteiger partial charge in [-0.25, -0.2) is 0 Å². The quantitative estimate of drug-likeness (QED) is 0.265. The molecule has 0 unspecified atom stereocenters.